The molecule has 0 atom stereocenters. The lowest BCUT2D eigenvalue weighted by Gasteiger charge is -2.35. The quantitative estimate of drug-likeness (QED) is 0.663. The molecule has 0 spiro atoms. The lowest BCUT2D eigenvalue weighted by atomic mass is 10.1. The van der Waals surface area contributed by atoms with Crippen molar-refractivity contribution in [2.24, 2.45) is 0 Å². The summed E-state index contributed by atoms with van der Waals surface area (Å²) in [6.45, 7) is 7.27. The molecule has 1 amide bonds. The first-order valence-electron chi connectivity index (χ1n) is 7.77. The van der Waals surface area contributed by atoms with Gasteiger partial charge >= 0.3 is 6.09 Å². The fourth-order valence-corrected chi connectivity index (χ4v) is 3.07. The Morgan fingerprint density at radius 2 is 2.04 bits per heavy atom. The molecule has 6 heteroatoms. The molecule has 1 heterocycles. The molecule has 0 aliphatic carbocycles. The average Bonchev–Trinajstić information content (AvgIpc) is 2.47. The molecule has 0 unspecified atom stereocenters. The van der Waals surface area contributed by atoms with E-state index in [9.17, 15) is 9.18 Å². The number of carbonyl (C=O) groups excluding carboxylic acids is 1. The van der Waals surface area contributed by atoms with E-state index in [1.54, 1.807) is 17.0 Å². The number of hydrogen-bond acceptors (Lipinski definition) is 3. The summed E-state index contributed by atoms with van der Waals surface area (Å²) >= 11 is 1.96. The zero-order chi connectivity index (χ0) is 17.0. The van der Waals surface area contributed by atoms with Crippen LogP contribution >= 0.6 is 22.6 Å². The van der Waals surface area contributed by atoms with E-state index < -0.39 is 5.60 Å². The molecule has 4 nitrogen and oxygen atoms in total. The molecular weight excluding hydrogens is 412 g/mol. The highest BCUT2D eigenvalue weighted by Crippen LogP contribution is 2.22. The van der Waals surface area contributed by atoms with E-state index in [1.165, 1.54) is 6.07 Å². The molecule has 128 valence electrons. The first-order valence-corrected chi connectivity index (χ1v) is 8.85. The number of hydrogen-bond donors (Lipinski definition) is 0. The van der Waals surface area contributed by atoms with Crippen LogP contribution in [0, 0.1) is 9.39 Å². The highest BCUT2D eigenvalue weighted by molar-refractivity contribution is 14.1. The van der Waals surface area contributed by atoms with Gasteiger partial charge in [-0.15, -0.1) is 0 Å². The Bertz CT molecular complexity index is 553. The minimum atomic E-state index is -0.544. The third kappa shape index (κ3) is 5.60. The van der Waals surface area contributed by atoms with Gasteiger partial charge in [0.15, 0.2) is 0 Å². The van der Waals surface area contributed by atoms with Gasteiger partial charge in [0.2, 0.25) is 0 Å². The van der Waals surface area contributed by atoms with Crippen LogP contribution in [0.4, 0.5) is 9.18 Å². The van der Waals surface area contributed by atoms with E-state index in [1.807, 2.05) is 43.4 Å². The van der Waals surface area contributed by atoms with E-state index in [0.29, 0.717) is 23.3 Å². The molecule has 23 heavy (non-hydrogen) atoms. The van der Waals surface area contributed by atoms with Crippen LogP contribution in [-0.2, 0) is 16.0 Å². The standard InChI is InChI=1S/C17H23FINO3/c1-17(2,3)23-16(21)20(13-6-8-22-9-7-13)11-12-4-5-14(18)15(19)10-12/h4-5,10,13H,6-9,11H2,1-3H3. The molecule has 1 aromatic carbocycles. The maximum Gasteiger partial charge on any atom is 0.410 e. The Hall–Kier alpha value is -0.890. The zero-order valence-electron chi connectivity index (χ0n) is 13.8. The van der Waals surface area contributed by atoms with Crippen LogP contribution in [0.3, 0.4) is 0 Å². The normalized spacial score (nSPS) is 16.2. The van der Waals surface area contributed by atoms with Crippen molar-refractivity contribution < 1.29 is 18.7 Å². The molecule has 0 radical (unpaired) electrons. The summed E-state index contributed by atoms with van der Waals surface area (Å²) in [6.07, 6.45) is 1.25. The van der Waals surface area contributed by atoms with E-state index in [-0.39, 0.29) is 18.0 Å². The number of nitrogens with zero attached hydrogens (tertiary/aromatic N) is 1. The van der Waals surface area contributed by atoms with Crippen molar-refractivity contribution in [2.75, 3.05) is 13.2 Å². The van der Waals surface area contributed by atoms with Crippen LogP contribution in [0.15, 0.2) is 18.2 Å². The van der Waals surface area contributed by atoms with Crippen LogP contribution < -0.4 is 0 Å². The summed E-state index contributed by atoms with van der Waals surface area (Å²) in [4.78, 5) is 14.3. The van der Waals surface area contributed by atoms with Crippen molar-refractivity contribution in [2.45, 2.75) is 51.8 Å². The number of benzene rings is 1. The van der Waals surface area contributed by atoms with Crippen molar-refractivity contribution in [3.05, 3.63) is 33.1 Å². The number of halogens is 2. The average molecular weight is 435 g/mol. The molecule has 0 aromatic heterocycles. The van der Waals surface area contributed by atoms with Crippen LogP contribution in [-0.4, -0.2) is 35.8 Å². The van der Waals surface area contributed by atoms with Crippen LogP contribution in [0.1, 0.15) is 39.2 Å². The Kier molecular flexibility index (Phi) is 6.25. The molecule has 1 saturated heterocycles. The monoisotopic (exact) mass is 435 g/mol. The molecule has 0 saturated carbocycles. The SMILES string of the molecule is CC(C)(C)OC(=O)N(Cc1ccc(F)c(I)c1)C1CCOCC1. The number of ether oxygens (including phenoxy) is 2. The summed E-state index contributed by atoms with van der Waals surface area (Å²) in [5.41, 5.74) is 0.353. The van der Waals surface area contributed by atoms with E-state index >= 15 is 0 Å². The third-order valence-corrected chi connectivity index (χ3v) is 4.42. The highest BCUT2D eigenvalue weighted by atomic mass is 127. The number of carbonyl (C=O) groups is 1. The fraction of sp³-hybridized carbons (Fsp3) is 0.588. The van der Waals surface area contributed by atoms with Gasteiger partial charge < -0.3 is 14.4 Å². The largest absolute Gasteiger partial charge is 0.444 e. The maximum atomic E-state index is 13.4. The molecule has 1 aliphatic heterocycles. The van der Waals surface area contributed by atoms with Gasteiger partial charge in [0.25, 0.3) is 0 Å². The lowest BCUT2D eigenvalue weighted by molar-refractivity contribution is -0.00808. The van der Waals surface area contributed by atoms with Crippen LogP contribution in [0.5, 0.6) is 0 Å². The molecule has 0 bridgehead atoms. The van der Waals surface area contributed by atoms with E-state index in [2.05, 4.69) is 0 Å². The van der Waals surface area contributed by atoms with E-state index in [4.69, 9.17) is 9.47 Å². The molecule has 0 N–H and O–H groups in total. The van der Waals surface area contributed by atoms with Gasteiger partial charge in [0.05, 0.1) is 0 Å². The predicted molar refractivity (Wildman–Crippen MR) is 94.7 cm³/mol. The smallest absolute Gasteiger partial charge is 0.410 e. The number of rotatable bonds is 3. The Morgan fingerprint density at radius 1 is 1.39 bits per heavy atom. The summed E-state index contributed by atoms with van der Waals surface area (Å²) in [7, 11) is 0. The summed E-state index contributed by atoms with van der Waals surface area (Å²) in [6, 6.07) is 5.01. The van der Waals surface area contributed by atoms with Gasteiger partial charge in [0.1, 0.15) is 11.4 Å². The van der Waals surface area contributed by atoms with Gasteiger partial charge in [-0.1, -0.05) is 6.07 Å². The minimum Gasteiger partial charge on any atom is -0.444 e. The molecule has 2 rings (SSSR count). The first-order chi connectivity index (χ1) is 10.8. The molecule has 1 aliphatic rings. The van der Waals surface area contributed by atoms with Crippen molar-refractivity contribution in [1.29, 1.82) is 0 Å². The van der Waals surface area contributed by atoms with Crippen LogP contribution in [0.2, 0.25) is 0 Å². The summed E-state index contributed by atoms with van der Waals surface area (Å²) in [5.74, 6) is -0.246. The van der Waals surface area contributed by atoms with Gasteiger partial charge in [0, 0.05) is 29.4 Å². The molecule has 1 fully saturated rings. The third-order valence-electron chi connectivity index (χ3n) is 3.60. The predicted octanol–water partition coefficient (Wildman–Crippen LogP) is 4.35. The second-order valence-electron chi connectivity index (χ2n) is 6.70. The second-order valence-corrected chi connectivity index (χ2v) is 7.86. The van der Waals surface area contributed by atoms with Gasteiger partial charge in [-0.3, -0.25) is 0 Å². The molecule has 1 aromatic rings. The topological polar surface area (TPSA) is 38.8 Å². The van der Waals surface area contributed by atoms with Gasteiger partial charge in [-0.05, 0) is 73.9 Å². The Labute approximate surface area is 150 Å². The van der Waals surface area contributed by atoms with Gasteiger partial charge in [-0.2, -0.15) is 0 Å². The Balaban J connectivity index is 2.17. The number of amides is 1. The Morgan fingerprint density at radius 3 is 2.61 bits per heavy atom. The van der Waals surface area contributed by atoms with Gasteiger partial charge in [-0.25, -0.2) is 9.18 Å². The summed E-state index contributed by atoms with van der Waals surface area (Å²) in [5, 5.41) is 0. The van der Waals surface area contributed by atoms with Crippen molar-refractivity contribution in [3.63, 3.8) is 0 Å². The first kappa shape index (κ1) is 18.4. The second kappa shape index (κ2) is 7.79. The van der Waals surface area contributed by atoms with Crippen LogP contribution in [0.25, 0.3) is 0 Å². The molecular formula is C17H23FINO3. The van der Waals surface area contributed by atoms with E-state index in [0.717, 1.165) is 18.4 Å². The maximum absolute atomic E-state index is 13.4. The fourth-order valence-electron chi connectivity index (χ4n) is 2.49. The highest BCUT2D eigenvalue weighted by Gasteiger charge is 2.29. The van der Waals surface area contributed by atoms with Crippen molar-refractivity contribution in [3.8, 4) is 0 Å². The lowest BCUT2D eigenvalue weighted by Crippen LogP contribution is -2.45. The van der Waals surface area contributed by atoms with Crippen molar-refractivity contribution >= 4 is 28.7 Å². The minimum absolute atomic E-state index is 0.0846. The summed E-state index contributed by atoms with van der Waals surface area (Å²) < 4.78 is 24.9. The zero-order valence-corrected chi connectivity index (χ0v) is 15.9. The van der Waals surface area contributed by atoms with Crippen molar-refractivity contribution in [1.82, 2.24) is 4.90 Å².